The molecule has 1 aliphatic rings. The van der Waals surface area contributed by atoms with E-state index in [0.29, 0.717) is 19.4 Å². The second-order valence-electron chi connectivity index (χ2n) is 5.79. The van der Waals surface area contributed by atoms with Crippen molar-refractivity contribution in [3.8, 4) is 5.75 Å². The molecule has 0 fully saturated rings. The van der Waals surface area contributed by atoms with Crippen molar-refractivity contribution < 1.29 is 19.4 Å². The number of nitrogens with zero attached hydrogens (tertiary/aromatic N) is 1. The fourth-order valence-electron chi connectivity index (χ4n) is 2.96. The molecule has 5 nitrogen and oxygen atoms in total. The van der Waals surface area contributed by atoms with Crippen LogP contribution in [0.3, 0.4) is 0 Å². The Morgan fingerprint density at radius 3 is 2.58 bits per heavy atom. The van der Waals surface area contributed by atoms with Gasteiger partial charge in [0.25, 0.3) is 0 Å². The summed E-state index contributed by atoms with van der Waals surface area (Å²) in [4.78, 5) is 25.2. The molecule has 1 heterocycles. The molecule has 3 rings (SSSR count). The Morgan fingerprint density at radius 1 is 1.17 bits per heavy atom. The number of rotatable bonds is 5. The third-order valence-corrected chi connectivity index (χ3v) is 4.31. The first-order valence-electron chi connectivity index (χ1n) is 7.88. The molecule has 2 aromatic carbocycles. The molecule has 0 unspecified atom stereocenters. The molecule has 0 saturated heterocycles. The molecule has 1 N–H and O–H groups in total. The maximum Gasteiger partial charge on any atom is 0.335 e. The van der Waals surface area contributed by atoms with E-state index in [1.54, 1.807) is 31.4 Å². The van der Waals surface area contributed by atoms with Gasteiger partial charge in [-0.1, -0.05) is 12.1 Å². The average Bonchev–Trinajstić information content (AvgIpc) is 3.03. The van der Waals surface area contributed by atoms with Gasteiger partial charge in [-0.25, -0.2) is 4.79 Å². The van der Waals surface area contributed by atoms with Gasteiger partial charge in [-0.15, -0.1) is 0 Å². The van der Waals surface area contributed by atoms with Gasteiger partial charge in [0.05, 0.1) is 12.7 Å². The highest BCUT2D eigenvalue weighted by molar-refractivity contribution is 5.95. The van der Waals surface area contributed by atoms with Crippen LogP contribution in [0.4, 0.5) is 5.69 Å². The van der Waals surface area contributed by atoms with E-state index in [2.05, 4.69) is 0 Å². The summed E-state index contributed by atoms with van der Waals surface area (Å²) < 4.78 is 5.22. The summed E-state index contributed by atoms with van der Waals surface area (Å²) in [7, 11) is 1.63. The average molecular weight is 325 g/mol. The molecule has 0 spiro atoms. The summed E-state index contributed by atoms with van der Waals surface area (Å²) in [5.41, 5.74) is 3.31. The van der Waals surface area contributed by atoms with Crippen molar-refractivity contribution in [1.82, 2.24) is 0 Å². The van der Waals surface area contributed by atoms with Crippen molar-refractivity contribution in [1.29, 1.82) is 0 Å². The maximum atomic E-state index is 12.5. The number of aryl methyl sites for hydroxylation is 1. The number of carbonyl (C=O) groups excluding carboxylic acids is 1. The number of anilines is 1. The number of methoxy groups -OCH3 is 1. The number of hydrogen-bond acceptors (Lipinski definition) is 3. The van der Waals surface area contributed by atoms with Crippen LogP contribution in [0.25, 0.3) is 0 Å². The van der Waals surface area contributed by atoms with Crippen LogP contribution in [0.1, 0.15) is 27.9 Å². The zero-order chi connectivity index (χ0) is 17.1. The van der Waals surface area contributed by atoms with E-state index in [4.69, 9.17) is 9.84 Å². The highest BCUT2D eigenvalue weighted by Crippen LogP contribution is 2.31. The van der Waals surface area contributed by atoms with Crippen molar-refractivity contribution in [3.05, 3.63) is 59.2 Å². The SMILES string of the molecule is COc1ccc2c(c1)CCN2C(=O)CCc1ccc(C(=O)O)cc1. The van der Waals surface area contributed by atoms with Crippen molar-refractivity contribution in [2.24, 2.45) is 0 Å². The lowest BCUT2D eigenvalue weighted by Crippen LogP contribution is -2.29. The summed E-state index contributed by atoms with van der Waals surface area (Å²) in [5.74, 6) is -0.0514. The van der Waals surface area contributed by atoms with Crippen molar-refractivity contribution in [2.75, 3.05) is 18.6 Å². The Bertz CT molecular complexity index is 767. The van der Waals surface area contributed by atoms with Crippen LogP contribution in [-0.2, 0) is 17.6 Å². The molecule has 124 valence electrons. The predicted molar refractivity (Wildman–Crippen MR) is 90.8 cm³/mol. The highest BCUT2D eigenvalue weighted by atomic mass is 16.5. The number of aromatic carboxylic acids is 1. The number of hydrogen-bond donors (Lipinski definition) is 1. The molecule has 0 radical (unpaired) electrons. The molecule has 0 aliphatic carbocycles. The minimum atomic E-state index is -0.943. The molecule has 0 atom stereocenters. The third-order valence-electron chi connectivity index (χ3n) is 4.31. The number of benzene rings is 2. The molecule has 1 amide bonds. The van der Waals surface area contributed by atoms with Crippen LogP contribution >= 0.6 is 0 Å². The zero-order valence-electron chi connectivity index (χ0n) is 13.5. The largest absolute Gasteiger partial charge is 0.497 e. The van der Waals surface area contributed by atoms with Crippen LogP contribution in [0.5, 0.6) is 5.75 Å². The van der Waals surface area contributed by atoms with E-state index in [0.717, 1.165) is 29.0 Å². The van der Waals surface area contributed by atoms with Crippen molar-refractivity contribution in [2.45, 2.75) is 19.3 Å². The van der Waals surface area contributed by atoms with Crippen LogP contribution in [0.15, 0.2) is 42.5 Å². The Balaban J connectivity index is 1.63. The smallest absolute Gasteiger partial charge is 0.335 e. The van der Waals surface area contributed by atoms with Crippen molar-refractivity contribution >= 4 is 17.6 Å². The molecule has 0 aromatic heterocycles. The first-order valence-corrected chi connectivity index (χ1v) is 7.88. The van der Waals surface area contributed by atoms with Crippen LogP contribution in [0.2, 0.25) is 0 Å². The summed E-state index contributed by atoms with van der Waals surface area (Å²) in [6.07, 6.45) is 1.84. The van der Waals surface area contributed by atoms with Gasteiger partial charge in [0.15, 0.2) is 0 Å². The molecule has 0 saturated carbocycles. The lowest BCUT2D eigenvalue weighted by Gasteiger charge is -2.17. The highest BCUT2D eigenvalue weighted by Gasteiger charge is 2.24. The van der Waals surface area contributed by atoms with E-state index < -0.39 is 5.97 Å². The van der Waals surface area contributed by atoms with E-state index in [1.807, 2.05) is 23.1 Å². The quantitative estimate of drug-likeness (QED) is 0.918. The van der Waals surface area contributed by atoms with Gasteiger partial charge in [0.1, 0.15) is 5.75 Å². The van der Waals surface area contributed by atoms with Gasteiger partial charge < -0.3 is 14.7 Å². The van der Waals surface area contributed by atoms with E-state index in [1.165, 1.54) is 0 Å². The number of carboxylic acid groups (broad SMARTS) is 1. The first kappa shape index (κ1) is 16.1. The number of carboxylic acids is 1. The Kier molecular flexibility index (Phi) is 4.51. The second kappa shape index (κ2) is 6.74. The maximum absolute atomic E-state index is 12.5. The monoisotopic (exact) mass is 325 g/mol. The van der Waals surface area contributed by atoms with E-state index in [9.17, 15) is 9.59 Å². The normalized spacial score (nSPS) is 12.8. The van der Waals surface area contributed by atoms with Gasteiger partial charge >= 0.3 is 5.97 Å². The molecule has 2 aromatic rings. The lowest BCUT2D eigenvalue weighted by atomic mass is 10.1. The van der Waals surface area contributed by atoms with Crippen LogP contribution in [-0.4, -0.2) is 30.6 Å². The van der Waals surface area contributed by atoms with E-state index in [-0.39, 0.29) is 11.5 Å². The van der Waals surface area contributed by atoms with Crippen molar-refractivity contribution in [3.63, 3.8) is 0 Å². The molecule has 1 aliphatic heterocycles. The standard InChI is InChI=1S/C19H19NO4/c1-24-16-7-8-17-15(12-16)10-11-20(17)18(21)9-4-13-2-5-14(6-3-13)19(22)23/h2-3,5-8,12H,4,9-11H2,1H3,(H,22,23). The summed E-state index contributed by atoms with van der Waals surface area (Å²) >= 11 is 0. The molecular formula is C19H19NO4. The molecule has 0 bridgehead atoms. The Morgan fingerprint density at radius 2 is 1.92 bits per heavy atom. The third kappa shape index (κ3) is 3.25. The minimum absolute atomic E-state index is 0.0845. The van der Waals surface area contributed by atoms with Crippen LogP contribution < -0.4 is 9.64 Å². The number of ether oxygens (including phenoxy) is 1. The fraction of sp³-hybridized carbons (Fsp3) is 0.263. The zero-order valence-corrected chi connectivity index (χ0v) is 13.5. The van der Waals surface area contributed by atoms with Gasteiger partial charge in [-0.05, 0) is 54.3 Å². The number of carbonyl (C=O) groups is 2. The number of amides is 1. The molecule has 24 heavy (non-hydrogen) atoms. The Hall–Kier alpha value is -2.82. The Labute approximate surface area is 140 Å². The topological polar surface area (TPSA) is 66.8 Å². The summed E-state index contributed by atoms with van der Waals surface area (Å²) in [6.45, 7) is 0.694. The number of fused-ring (bicyclic) bond motifs is 1. The first-order chi connectivity index (χ1) is 11.6. The van der Waals surface area contributed by atoms with Gasteiger partial charge in [0, 0.05) is 18.7 Å². The van der Waals surface area contributed by atoms with Gasteiger partial charge in [-0.3, -0.25) is 4.79 Å². The molecular weight excluding hydrogens is 306 g/mol. The summed E-state index contributed by atoms with van der Waals surface area (Å²) in [6, 6.07) is 12.4. The summed E-state index contributed by atoms with van der Waals surface area (Å²) in [5, 5.41) is 8.90. The molecule has 5 heteroatoms. The lowest BCUT2D eigenvalue weighted by molar-refractivity contribution is -0.118. The van der Waals surface area contributed by atoms with Gasteiger partial charge in [0.2, 0.25) is 5.91 Å². The second-order valence-corrected chi connectivity index (χ2v) is 5.79. The van der Waals surface area contributed by atoms with Gasteiger partial charge in [-0.2, -0.15) is 0 Å². The van der Waals surface area contributed by atoms with Crippen LogP contribution in [0, 0.1) is 0 Å². The fourth-order valence-corrected chi connectivity index (χ4v) is 2.96. The minimum Gasteiger partial charge on any atom is -0.497 e. The van der Waals surface area contributed by atoms with E-state index >= 15 is 0 Å². The predicted octanol–water partition coefficient (Wildman–Crippen LogP) is 2.92.